The Kier molecular flexibility index (Phi) is 8.05. The van der Waals surface area contributed by atoms with Crippen LogP contribution in [0.3, 0.4) is 0 Å². The highest BCUT2D eigenvalue weighted by Crippen LogP contribution is 2.30. The summed E-state index contributed by atoms with van der Waals surface area (Å²) in [4.78, 5) is 36.7. The lowest BCUT2D eigenvalue weighted by Gasteiger charge is -2.10. The molecule has 2 amide bonds. The standard InChI is InChI=1S/C22H22Cl2N8O3/c1-10(2)30-21(26)19(22(27)34)20(25)16-9-28-12(8-29-16)6-17(33)31-18-7-15(32-35-18)13-4-3-11(23)5-14(13)24/h3-5,7-10H,6,25H2,1-2H3,(H2,26,30)(H2,27,34)(H,31,33)/b20-19+. The Hall–Kier alpha value is -3.96. The third kappa shape index (κ3) is 6.55. The fourth-order valence-electron chi connectivity index (χ4n) is 2.96. The number of primary amides is 1. The second-order valence-electron chi connectivity index (χ2n) is 7.58. The molecule has 182 valence electrons. The predicted octanol–water partition coefficient (Wildman–Crippen LogP) is 2.54. The van der Waals surface area contributed by atoms with Crippen LogP contribution in [0.2, 0.25) is 10.0 Å². The number of amides is 2. The molecule has 0 aliphatic carbocycles. The van der Waals surface area contributed by atoms with E-state index < -0.39 is 11.8 Å². The van der Waals surface area contributed by atoms with E-state index in [9.17, 15) is 9.59 Å². The molecule has 2 aromatic heterocycles. The Morgan fingerprint density at radius 1 is 1.11 bits per heavy atom. The van der Waals surface area contributed by atoms with Crippen molar-refractivity contribution in [2.75, 3.05) is 5.32 Å². The quantitative estimate of drug-likeness (QED) is 0.199. The maximum atomic E-state index is 12.4. The molecule has 7 N–H and O–H groups in total. The van der Waals surface area contributed by atoms with Crippen molar-refractivity contribution in [1.82, 2.24) is 15.1 Å². The summed E-state index contributed by atoms with van der Waals surface area (Å²) in [6, 6.07) is 6.29. The van der Waals surface area contributed by atoms with E-state index in [1.165, 1.54) is 18.5 Å². The van der Waals surface area contributed by atoms with Crippen LogP contribution in [0.1, 0.15) is 25.2 Å². The van der Waals surface area contributed by atoms with Crippen LogP contribution in [0.15, 0.2) is 51.7 Å². The van der Waals surface area contributed by atoms with Crippen LogP contribution in [0, 0.1) is 0 Å². The Morgan fingerprint density at radius 2 is 1.86 bits per heavy atom. The monoisotopic (exact) mass is 516 g/mol. The maximum Gasteiger partial charge on any atom is 0.254 e. The summed E-state index contributed by atoms with van der Waals surface area (Å²) >= 11 is 12.1. The molecule has 35 heavy (non-hydrogen) atoms. The molecule has 0 bridgehead atoms. The molecule has 3 aromatic rings. The van der Waals surface area contributed by atoms with Gasteiger partial charge in [-0.05, 0) is 32.0 Å². The molecule has 0 aliphatic rings. The van der Waals surface area contributed by atoms with Crippen LogP contribution in [0.4, 0.5) is 5.88 Å². The number of carbonyl (C=O) groups excluding carboxylic acids is 2. The van der Waals surface area contributed by atoms with Gasteiger partial charge in [0.1, 0.15) is 22.8 Å². The summed E-state index contributed by atoms with van der Waals surface area (Å²) in [6.07, 6.45) is 2.53. The van der Waals surface area contributed by atoms with Crippen molar-refractivity contribution in [3.8, 4) is 11.3 Å². The second-order valence-corrected chi connectivity index (χ2v) is 8.42. The highest BCUT2D eigenvalue weighted by atomic mass is 35.5. The molecule has 1 aromatic carbocycles. The molecule has 0 unspecified atom stereocenters. The van der Waals surface area contributed by atoms with Gasteiger partial charge in [0, 0.05) is 28.9 Å². The number of halogens is 2. The van der Waals surface area contributed by atoms with Crippen molar-refractivity contribution in [3.05, 3.63) is 63.7 Å². The number of hydrogen-bond acceptors (Lipinski definition) is 8. The van der Waals surface area contributed by atoms with Gasteiger partial charge in [-0.25, -0.2) is 0 Å². The average Bonchev–Trinajstić information content (AvgIpc) is 3.21. The highest BCUT2D eigenvalue weighted by Gasteiger charge is 2.18. The van der Waals surface area contributed by atoms with Gasteiger partial charge in [-0.3, -0.25) is 29.9 Å². The van der Waals surface area contributed by atoms with Crippen LogP contribution in [-0.2, 0) is 16.0 Å². The summed E-state index contributed by atoms with van der Waals surface area (Å²) in [6.45, 7) is 3.57. The Bertz CT molecular complexity index is 1320. The second kappa shape index (κ2) is 11.0. The van der Waals surface area contributed by atoms with Gasteiger partial charge < -0.3 is 21.7 Å². The number of aromatic nitrogens is 3. The molecule has 13 heteroatoms. The van der Waals surface area contributed by atoms with Crippen molar-refractivity contribution >= 4 is 52.4 Å². The maximum absolute atomic E-state index is 12.4. The first-order chi connectivity index (χ1) is 16.5. The van der Waals surface area contributed by atoms with Crippen molar-refractivity contribution < 1.29 is 14.1 Å². The van der Waals surface area contributed by atoms with E-state index in [4.69, 9.17) is 44.9 Å². The fraction of sp³-hybridized carbons (Fsp3) is 0.182. The van der Waals surface area contributed by atoms with Crippen molar-refractivity contribution in [2.45, 2.75) is 26.3 Å². The first-order valence-electron chi connectivity index (χ1n) is 10.2. The van der Waals surface area contributed by atoms with E-state index in [-0.39, 0.29) is 41.1 Å². The minimum Gasteiger partial charge on any atom is -0.396 e. The van der Waals surface area contributed by atoms with Crippen LogP contribution in [0.5, 0.6) is 0 Å². The zero-order valence-corrected chi connectivity index (χ0v) is 20.3. The minimum atomic E-state index is -0.846. The lowest BCUT2D eigenvalue weighted by atomic mass is 10.1. The van der Waals surface area contributed by atoms with Gasteiger partial charge in [0.05, 0.1) is 29.0 Å². The molecule has 0 spiro atoms. The molecule has 2 heterocycles. The summed E-state index contributed by atoms with van der Waals surface area (Å²) in [7, 11) is 0. The summed E-state index contributed by atoms with van der Waals surface area (Å²) in [5, 5.41) is 7.37. The molecule has 0 atom stereocenters. The van der Waals surface area contributed by atoms with Crippen LogP contribution < -0.4 is 22.5 Å². The number of nitrogens with two attached hydrogens (primary N) is 3. The molecule has 0 saturated heterocycles. The number of amidine groups is 1. The van der Waals surface area contributed by atoms with Gasteiger partial charge in [0.25, 0.3) is 5.91 Å². The predicted molar refractivity (Wildman–Crippen MR) is 133 cm³/mol. The molecular formula is C22H22Cl2N8O3. The number of hydrogen-bond donors (Lipinski definition) is 4. The number of aliphatic imine (C=N–C) groups is 1. The highest BCUT2D eigenvalue weighted by molar-refractivity contribution is 6.36. The average molecular weight is 517 g/mol. The molecule has 0 fully saturated rings. The summed E-state index contributed by atoms with van der Waals surface area (Å²) in [5.74, 6) is -1.24. The number of nitrogens with zero attached hydrogens (tertiary/aromatic N) is 4. The largest absolute Gasteiger partial charge is 0.396 e. The van der Waals surface area contributed by atoms with Crippen LogP contribution in [0.25, 0.3) is 17.0 Å². The molecule has 3 rings (SSSR count). The molecule has 0 radical (unpaired) electrons. The fourth-order valence-corrected chi connectivity index (χ4v) is 3.46. The Morgan fingerprint density at radius 3 is 2.46 bits per heavy atom. The van der Waals surface area contributed by atoms with Crippen molar-refractivity contribution in [3.63, 3.8) is 0 Å². The van der Waals surface area contributed by atoms with Crippen LogP contribution >= 0.6 is 23.2 Å². The van der Waals surface area contributed by atoms with E-state index in [2.05, 4.69) is 25.4 Å². The topological polar surface area (TPSA) is 188 Å². The van der Waals surface area contributed by atoms with E-state index in [0.717, 1.165) is 0 Å². The van der Waals surface area contributed by atoms with Gasteiger partial charge in [-0.15, -0.1) is 0 Å². The van der Waals surface area contributed by atoms with E-state index >= 15 is 0 Å². The van der Waals surface area contributed by atoms with E-state index in [0.29, 0.717) is 27.0 Å². The van der Waals surface area contributed by atoms with Gasteiger partial charge >= 0.3 is 0 Å². The normalized spacial score (nSPS) is 12.4. The summed E-state index contributed by atoms with van der Waals surface area (Å²) < 4.78 is 5.16. The first kappa shape index (κ1) is 25.7. The smallest absolute Gasteiger partial charge is 0.254 e. The minimum absolute atomic E-state index is 0.0713. The summed E-state index contributed by atoms with van der Waals surface area (Å²) in [5.41, 5.74) is 18.6. The molecule has 11 nitrogen and oxygen atoms in total. The number of anilines is 1. The SMILES string of the molecule is CC(C)N=C(N)/C(C(N)=O)=C(\N)c1cnc(CC(=O)Nc2cc(-c3ccc(Cl)cc3Cl)no2)cn1. The van der Waals surface area contributed by atoms with Crippen LogP contribution in [-0.4, -0.2) is 38.8 Å². The first-order valence-corrected chi connectivity index (χ1v) is 11.0. The lowest BCUT2D eigenvalue weighted by Crippen LogP contribution is -2.30. The number of rotatable bonds is 8. The van der Waals surface area contributed by atoms with E-state index in [1.54, 1.807) is 32.0 Å². The molecule has 0 saturated carbocycles. The zero-order valence-electron chi connectivity index (χ0n) is 18.8. The van der Waals surface area contributed by atoms with Gasteiger partial charge in [0.2, 0.25) is 11.8 Å². The third-order valence-corrected chi connectivity index (χ3v) is 5.02. The van der Waals surface area contributed by atoms with Gasteiger partial charge in [-0.1, -0.05) is 28.4 Å². The van der Waals surface area contributed by atoms with Gasteiger partial charge in [0.15, 0.2) is 0 Å². The van der Waals surface area contributed by atoms with E-state index in [1.807, 2.05) is 0 Å². The molecular weight excluding hydrogens is 495 g/mol. The molecule has 0 aliphatic heterocycles. The number of nitrogens with one attached hydrogen (secondary N) is 1. The number of benzene rings is 1. The third-order valence-electron chi connectivity index (χ3n) is 4.47. The Labute approximate surface area is 210 Å². The van der Waals surface area contributed by atoms with Gasteiger partial charge in [-0.2, -0.15) is 0 Å². The van der Waals surface area contributed by atoms with Crippen molar-refractivity contribution in [2.24, 2.45) is 22.2 Å². The Balaban J connectivity index is 1.70. The number of carbonyl (C=O) groups is 2. The lowest BCUT2D eigenvalue weighted by molar-refractivity contribution is -0.116. The zero-order chi connectivity index (χ0) is 25.7. The van der Waals surface area contributed by atoms with Crippen molar-refractivity contribution in [1.29, 1.82) is 0 Å².